The molecule has 0 spiro atoms. The molecule has 2 aromatic carbocycles. The summed E-state index contributed by atoms with van der Waals surface area (Å²) in [5.41, 5.74) is 1.49. The smallest absolute Gasteiger partial charge is 0.196 e. The highest BCUT2D eigenvalue weighted by Crippen LogP contribution is 2.24. The van der Waals surface area contributed by atoms with Crippen LogP contribution in [-0.2, 0) is 6.61 Å². The van der Waals surface area contributed by atoms with E-state index in [9.17, 15) is 4.79 Å². The number of ether oxygens (including phenoxy) is 2. The lowest BCUT2D eigenvalue weighted by molar-refractivity contribution is 0.101. The SMILES string of the molecule is COc1ccc(OCc2nnc(SCC(=O)c3ccc[nH]3)n2-c2ccccc2)cc1. The van der Waals surface area contributed by atoms with Crippen LogP contribution in [0.25, 0.3) is 5.69 Å². The highest BCUT2D eigenvalue weighted by molar-refractivity contribution is 7.99. The summed E-state index contributed by atoms with van der Waals surface area (Å²) in [4.78, 5) is 15.3. The molecule has 0 aliphatic rings. The van der Waals surface area contributed by atoms with Crippen molar-refractivity contribution >= 4 is 17.5 Å². The summed E-state index contributed by atoms with van der Waals surface area (Å²) in [6, 6.07) is 20.7. The summed E-state index contributed by atoms with van der Waals surface area (Å²) in [6.07, 6.45) is 1.74. The lowest BCUT2D eigenvalue weighted by Crippen LogP contribution is -2.08. The maximum absolute atomic E-state index is 12.4. The molecule has 1 N–H and O–H groups in total. The van der Waals surface area contributed by atoms with Gasteiger partial charge in [0.25, 0.3) is 0 Å². The summed E-state index contributed by atoms with van der Waals surface area (Å²) in [5.74, 6) is 2.37. The van der Waals surface area contributed by atoms with Gasteiger partial charge in [-0.25, -0.2) is 0 Å². The van der Waals surface area contributed by atoms with E-state index in [4.69, 9.17) is 9.47 Å². The molecule has 0 radical (unpaired) electrons. The number of hydrogen-bond donors (Lipinski definition) is 1. The minimum Gasteiger partial charge on any atom is -0.497 e. The first kappa shape index (κ1) is 19.8. The first-order valence-corrected chi connectivity index (χ1v) is 10.3. The van der Waals surface area contributed by atoms with Gasteiger partial charge in [-0.15, -0.1) is 10.2 Å². The summed E-state index contributed by atoms with van der Waals surface area (Å²) in [6.45, 7) is 0.235. The van der Waals surface area contributed by atoms with Crippen molar-refractivity contribution in [1.29, 1.82) is 0 Å². The fraction of sp³-hybridized carbons (Fsp3) is 0.136. The second-order valence-electron chi connectivity index (χ2n) is 6.33. The molecule has 0 bridgehead atoms. The van der Waals surface area contributed by atoms with E-state index in [1.807, 2.05) is 59.2 Å². The number of benzene rings is 2. The molecular weight excluding hydrogens is 400 g/mol. The molecule has 4 rings (SSSR count). The van der Waals surface area contributed by atoms with Crippen molar-refractivity contribution in [3.05, 3.63) is 84.4 Å². The molecule has 2 aromatic heterocycles. The van der Waals surface area contributed by atoms with Crippen LogP contribution in [0, 0.1) is 0 Å². The van der Waals surface area contributed by atoms with Gasteiger partial charge in [0, 0.05) is 11.9 Å². The number of nitrogens with zero attached hydrogens (tertiary/aromatic N) is 3. The first-order valence-electron chi connectivity index (χ1n) is 9.30. The van der Waals surface area contributed by atoms with Gasteiger partial charge in [-0.1, -0.05) is 30.0 Å². The number of ketones is 1. The molecular formula is C22H20N4O3S. The zero-order chi connectivity index (χ0) is 20.8. The van der Waals surface area contributed by atoms with Crippen molar-refractivity contribution in [2.75, 3.05) is 12.9 Å². The zero-order valence-electron chi connectivity index (χ0n) is 16.3. The third-order valence-electron chi connectivity index (χ3n) is 4.37. The molecule has 0 amide bonds. The Hall–Kier alpha value is -3.52. The second-order valence-corrected chi connectivity index (χ2v) is 7.27. The van der Waals surface area contributed by atoms with Gasteiger partial charge in [0.2, 0.25) is 0 Å². The Morgan fingerprint density at radius 3 is 2.47 bits per heavy atom. The third kappa shape index (κ3) is 4.55. The molecule has 0 aliphatic carbocycles. The van der Waals surface area contributed by atoms with Crippen LogP contribution in [0.2, 0.25) is 0 Å². The highest BCUT2D eigenvalue weighted by atomic mass is 32.2. The average molecular weight is 420 g/mol. The van der Waals surface area contributed by atoms with Crippen molar-refractivity contribution in [1.82, 2.24) is 19.7 Å². The van der Waals surface area contributed by atoms with E-state index in [1.54, 1.807) is 25.4 Å². The zero-order valence-corrected chi connectivity index (χ0v) is 17.1. The predicted octanol–water partition coefficient (Wildman–Crippen LogP) is 4.16. The van der Waals surface area contributed by atoms with Crippen LogP contribution in [0.3, 0.4) is 0 Å². The lowest BCUT2D eigenvalue weighted by Gasteiger charge is -2.11. The van der Waals surface area contributed by atoms with Crippen molar-refractivity contribution in [2.45, 2.75) is 11.8 Å². The Kier molecular flexibility index (Phi) is 6.14. The molecule has 4 aromatic rings. The normalized spacial score (nSPS) is 10.7. The van der Waals surface area contributed by atoms with Gasteiger partial charge in [-0.05, 0) is 48.5 Å². The fourth-order valence-electron chi connectivity index (χ4n) is 2.86. The summed E-state index contributed by atoms with van der Waals surface area (Å²) in [7, 11) is 1.62. The predicted molar refractivity (Wildman–Crippen MR) is 115 cm³/mol. The average Bonchev–Trinajstić information content (AvgIpc) is 3.47. The number of Topliss-reactive ketones (excluding diaryl/α,β-unsaturated/α-hetero) is 1. The van der Waals surface area contributed by atoms with Gasteiger partial charge in [0.05, 0.1) is 18.6 Å². The molecule has 2 heterocycles. The van der Waals surface area contributed by atoms with E-state index < -0.39 is 0 Å². The number of hydrogen-bond acceptors (Lipinski definition) is 6. The Morgan fingerprint density at radius 1 is 1.00 bits per heavy atom. The fourth-order valence-corrected chi connectivity index (χ4v) is 3.71. The van der Waals surface area contributed by atoms with Crippen LogP contribution < -0.4 is 9.47 Å². The second kappa shape index (κ2) is 9.32. The summed E-state index contributed by atoms with van der Waals surface area (Å²) < 4.78 is 13.0. The molecule has 7 nitrogen and oxygen atoms in total. The number of nitrogens with one attached hydrogen (secondary N) is 1. The van der Waals surface area contributed by atoms with Gasteiger partial charge in [0.15, 0.2) is 16.8 Å². The number of aromatic amines is 1. The van der Waals surface area contributed by atoms with Gasteiger partial charge < -0.3 is 14.5 Å². The van der Waals surface area contributed by atoms with Crippen molar-refractivity contribution in [3.8, 4) is 17.2 Å². The van der Waals surface area contributed by atoms with Gasteiger partial charge in [-0.2, -0.15) is 0 Å². The Morgan fingerprint density at radius 2 is 1.77 bits per heavy atom. The Labute approximate surface area is 178 Å². The first-order chi connectivity index (χ1) is 14.7. The number of carbonyl (C=O) groups is 1. The van der Waals surface area contributed by atoms with E-state index in [-0.39, 0.29) is 18.1 Å². The number of carbonyl (C=O) groups excluding carboxylic acids is 1. The van der Waals surface area contributed by atoms with Crippen LogP contribution in [-0.4, -0.2) is 38.4 Å². The van der Waals surface area contributed by atoms with Crippen LogP contribution in [0.1, 0.15) is 16.3 Å². The number of aromatic nitrogens is 4. The largest absolute Gasteiger partial charge is 0.497 e. The van der Waals surface area contributed by atoms with Crippen molar-refractivity contribution < 1.29 is 14.3 Å². The lowest BCUT2D eigenvalue weighted by atomic mass is 10.3. The number of methoxy groups -OCH3 is 1. The quantitative estimate of drug-likeness (QED) is 0.323. The third-order valence-corrected chi connectivity index (χ3v) is 5.30. The van der Waals surface area contributed by atoms with Crippen LogP contribution in [0.15, 0.2) is 78.1 Å². The van der Waals surface area contributed by atoms with E-state index in [2.05, 4.69) is 15.2 Å². The van der Waals surface area contributed by atoms with E-state index in [0.717, 1.165) is 11.4 Å². The van der Waals surface area contributed by atoms with Gasteiger partial charge in [-0.3, -0.25) is 9.36 Å². The molecule has 0 unspecified atom stereocenters. The maximum Gasteiger partial charge on any atom is 0.196 e. The Bertz CT molecular complexity index is 1090. The summed E-state index contributed by atoms with van der Waals surface area (Å²) >= 11 is 1.34. The number of thioether (sulfide) groups is 1. The van der Waals surface area contributed by atoms with Crippen LogP contribution >= 0.6 is 11.8 Å². The minimum atomic E-state index is 0.00337. The van der Waals surface area contributed by atoms with Crippen LogP contribution in [0.4, 0.5) is 0 Å². The molecule has 0 saturated carbocycles. The molecule has 0 saturated heterocycles. The minimum absolute atomic E-state index is 0.00337. The topological polar surface area (TPSA) is 82.0 Å². The van der Waals surface area contributed by atoms with Crippen LogP contribution in [0.5, 0.6) is 11.5 Å². The number of para-hydroxylation sites is 1. The number of H-pyrrole nitrogens is 1. The van der Waals surface area contributed by atoms with Gasteiger partial charge >= 0.3 is 0 Å². The van der Waals surface area contributed by atoms with E-state index in [1.165, 1.54) is 11.8 Å². The molecule has 152 valence electrons. The Balaban J connectivity index is 1.53. The van der Waals surface area contributed by atoms with Crippen molar-refractivity contribution in [2.24, 2.45) is 0 Å². The van der Waals surface area contributed by atoms with E-state index in [0.29, 0.717) is 22.4 Å². The number of rotatable bonds is 9. The molecule has 0 atom stereocenters. The monoisotopic (exact) mass is 420 g/mol. The van der Waals surface area contributed by atoms with Gasteiger partial charge in [0.1, 0.15) is 18.1 Å². The molecule has 0 fully saturated rings. The van der Waals surface area contributed by atoms with E-state index >= 15 is 0 Å². The maximum atomic E-state index is 12.4. The summed E-state index contributed by atoms with van der Waals surface area (Å²) in [5, 5.41) is 9.24. The standard InChI is InChI=1S/C22H20N4O3S/c1-28-17-9-11-18(12-10-17)29-14-21-24-25-22(26(21)16-6-3-2-4-7-16)30-15-20(27)19-8-5-13-23-19/h2-13,23H,14-15H2,1H3. The molecule has 8 heteroatoms. The molecule has 30 heavy (non-hydrogen) atoms. The highest BCUT2D eigenvalue weighted by Gasteiger charge is 2.17. The van der Waals surface area contributed by atoms with Crippen molar-refractivity contribution in [3.63, 3.8) is 0 Å². The molecule has 0 aliphatic heterocycles.